The Labute approximate surface area is 126 Å². The van der Waals surface area contributed by atoms with Gasteiger partial charge in [0.1, 0.15) is 22.8 Å². The molecule has 1 unspecified atom stereocenters. The lowest BCUT2D eigenvalue weighted by atomic mass is 10.2. The smallest absolute Gasteiger partial charge is 0.335 e. The van der Waals surface area contributed by atoms with Crippen LogP contribution in [0.15, 0.2) is 53.4 Å². The van der Waals surface area contributed by atoms with Gasteiger partial charge in [-0.1, -0.05) is 12.1 Å². The summed E-state index contributed by atoms with van der Waals surface area (Å²) < 4.78 is 19.4. The molecule has 6 heteroatoms. The molecule has 2 aromatic rings. The summed E-state index contributed by atoms with van der Waals surface area (Å²) in [4.78, 5) is 11.3. The van der Waals surface area contributed by atoms with E-state index in [0.717, 1.165) is 0 Å². The van der Waals surface area contributed by atoms with Gasteiger partial charge in [-0.2, -0.15) is 4.31 Å². The highest BCUT2D eigenvalue weighted by molar-refractivity contribution is 7.92. The summed E-state index contributed by atoms with van der Waals surface area (Å²) in [7, 11) is 3.25. The number of benzene rings is 2. The largest absolute Gasteiger partial charge is 0.588 e. The lowest BCUT2D eigenvalue weighted by Gasteiger charge is -2.23. The van der Waals surface area contributed by atoms with Crippen LogP contribution in [0.5, 0.6) is 5.75 Å². The van der Waals surface area contributed by atoms with Crippen molar-refractivity contribution in [3.05, 3.63) is 54.1 Å². The molecule has 0 bridgehead atoms. The molecule has 0 saturated carbocycles. The first-order valence-corrected chi connectivity index (χ1v) is 7.27. The van der Waals surface area contributed by atoms with Gasteiger partial charge in [-0.25, -0.2) is 4.79 Å². The minimum Gasteiger partial charge on any atom is -0.588 e. The number of aromatic carboxylic acids is 1. The van der Waals surface area contributed by atoms with Crippen LogP contribution in [0.3, 0.4) is 0 Å². The molecule has 1 atom stereocenters. The minimum atomic E-state index is -1.45. The van der Waals surface area contributed by atoms with Gasteiger partial charge in [-0.3, -0.25) is 0 Å². The number of para-hydroxylation sites is 2. The second-order valence-corrected chi connectivity index (χ2v) is 5.77. The Balaban J connectivity index is 2.26. The number of methoxy groups -OCH3 is 1. The van der Waals surface area contributed by atoms with Gasteiger partial charge in [0.05, 0.1) is 19.7 Å². The quantitative estimate of drug-likeness (QED) is 0.859. The first-order valence-electron chi connectivity index (χ1n) is 6.16. The van der Waals surface area contributed by atoms with E-state index in [2.05, 4.69) is 0 Å². The van der Waals surface area contributed by atoms with Gasteiger partial charge < -0.3 is 14.4 Å². The van der Waals surface area contributed by atoms with Crippen molar-refractivity contribution in [2.24, 2.45) is 0 Å². The van der Waals surface area contributed by atoms with E-state index in [1.807, 2.05) is 18.2 Å². The average molecular weight is 305 g/mol. The summed E-state index contributed by atoms with van der Waals surface area (Å²) >= 11 is -1.45. The van der Waals surface area contributed by atoms with Crippen LogP contribution in [0.1, 0.15) is 10.4 Å². The Morgan fingerprint density at radius 1 is 1.19 bits per heavy atom. The fourth-order valence-electron chi connectivity index (χ4n) is 1.85. The lowest BCUT2D eigenvalue weighted by molar-refractivity contribution is 0.0697. The Hall–Kier alpha value is -2.18. The molecule has 0 aliphatic carbocycles. The van der Waals surface area contributed by atoms with E-state index in [1.165, 1.54) is 12.1 Å². The molecule has 0 amide bonds. The van der Waals surface area contributed by atoms with Crippen molar-refractivity contribution in [3.63, 3.8) is 0 Å². The zero-order valence-electron chi connectivity index (χ0n) is 11.6. The summed E-state index contributed by atoms with van der Waals surface area (Å²) in [6.45, 7) is 0. The van der Waals surface area contributed by atoms with E-state index in [-0.39, 0.29) is 5.56 Å². The van der Waals surface area contributed by atoms with Gasteiger partial charge in [-0.05, 0) is 36.4 Å². The molecule has 5 nitrogen and oxygen atoms in total. The molecule has 0 aliphatic rings. The molecule has 110 valence electrons. The van der Waals surface area contributed by atoms with E-state index in [4.69, 9.17) is 9.84 Å². The van der Waals surface area contributed by atoms with Crippen LogP contribution in [0.25, 0.3) is 0 Å². The number of carboxylic acid groups (broad SMARTS) is 1. The van der Waals surface area contributed by atoms with Crippen LogP contribution in [-0.4, -0.2) is 29.8 Å². The molecule has 0 spiro atoms. The summed E-state index contributed by atoms with van der Waals surface area (Å²) in [5, 5.41) is 8.87. The number of carbonyl (C=O) groups is 1. The molecule has 0 aromatic heterocycles. The Morgan fingerprint density at radius 2 is 1.81 bits per heavy atom. The topological polar surface area (TPSA) is 72.8 Å². The highest BCUT2D eigenvalue weighted by Crippen LogP contribution is 2.30. The molecule has 0 aliphatic heterocycles. The van der Waals surface area contributed by atoms with E-state index < -0.39 is 17.3 Å². The predicted molar refractivity (Wildman–Crippen MR) is 81.2 cm³/mol. The number of nitrogens with zero attached hydrogens (tertiary/aromatic N) is 1. The van der Waals surface area contributed by atoms with Crippen molar-refractivity contribution in [2.75, 3.05) is 18.5 Å². The van der Waals surface area contributed by atoms with E-state index in [1.54, 1.807) is 36.7 Å². The highest BCUT2D eigenvalue weighted by Gasteiger charge is 2.22. The molecular weight excluding hydrogens is 290 g/mol. The van der Waals surface area contributed by atoms with Crippen LogP contribution >= 0.6 is 0 Å². The van der Waals surface area contributed by atoms with E-state index in [0.29, 0.717) is 16.3 Å². The number of rotatable bonds is 5. The molecule has 0 saturated heterocycles. The third-order valence-corrected chi connectivity index (χ3v) is 4.35. The summed E-state index contributed by atoms with van der Waals surface area (Å²) in [6, 6.07) is 13.2. The van der Waals surface area contributed by atoms with Crippen molar-refractivity contribution in [1.82, 2.24) is 0 Å². The molecule has 2 aromatic carbocycles. The Bertz CT molecular complexity index is 630. The summed E-state index contributed by atoms with van der Waals surface area (Å²) in [5.41, 5.74) is 0.858. The first kappa shape index (κ1) is 15.2. The predicted octanol–water partition coefficient (Wildman–Crippen LogP) is 2.55. The highest BCUT2D eigenvalue weighted by atomic mass is 32.2. The molecule has 1 N–H and O–H groups in total. The molecule has 0 radical (unpaired) electrons. The maximum Gasteiger partial charge on any atom is 0.335 e. The molecule has 0 fully saturated rings. The minimum absolute atomic E-state index is 0.163. The number of carboxylic acids is 1. The van der Waals surface area contributed by atoms with Crippen molar-refractivity contribution in [1.29, 1.82) is 0 Å². The molecule has 2 rings (SSSR count). The second kappa shape index (κ2) is 6.51. The third-order valence-electron chi connectivity index (χ3n) is 2.98. The van der Waals surface area contributed by atoms with Gasteiger partial charge >= 0.3 is 5.97 Å². The summed E-state index contributed by atoms with van der Waals surface area (Å²) in [5.74, 6) is -0.388. The monoisotopic (exact) mass is 305 g/mol. The number of hydrogen-bond donors (Lipinski definition) is 1. The van der Waals surface area contributed by atoms with Crippen molar-refractivity contribution < 1.29 is 19.2 Å². The maximum atomic E-state index is 12.5. The van der Waals surface area contributed by atoms with Gasteiger partial charge in [0.2, 0.25) is 0 Å². The molecular formula is C15H15NO4S. The number of hydrogen-bond acceptors (Lipinski definition) is 4. The fourth-order valence-corrected chi connectivity index (χ4v) is 2.87. The van der Waals surface area contributed by atoms with Gasteiger partial charge in [0.15, 0.2) is 4.90 Å². The van der Waals surface area contributed by atoms with Crippen molar-refractivity contribution in [3.8, 4) is 5.75 Å². The standard InChI is InChI=1S/C15H15NO4S/c1-16(13-5-3-4-6-14(13)20-2)21(19)12-9-7-11(8-10-12)15(17)18/h3-10H,1-2H3,(H,17,18). The summed E-state index contributed by atoms with van der Waals surface area (Å²) in [6.07, 6.45) is 0. The van der Waals surface area contributed by atoms with Crippen LogP contribution in [0.4, 0.5) is 5.69 Å². The van der Waals surface area contributed by atoms with E-state index in [9.17, 15) is 9.35 Å². The third kappa shape index (κ3) is 3.29. The van der Waals surface area contributed by atoms with Crippen LogP contribution in [0, 0.1) is 0 Å². The molecule has 21 heavy (non-hydrogen) atoms. The second-order valence-electron chi connectivity index (χ2n) is 4.25. The van der Waals surface area contributed by atoms with Gasteiger partial charge in [0.25, 0.3) is 0 Å². The van der Waals surface area contributed by atoms with Crippen LogP contribution in [-0.2, 0) is 11.4 Å². The van der Waals surface area contributed by atoms with Crippen LogP contribution in [0.2, 0.25) is 0 Å². The first-order chi connectivity index (χ1) is 10.0. The Morgan fingerprint density at radius 3 is 2.38 bits per heavy atom. The lowest BCUT2D eigenvalue weighted by Crippen LogP contribution is -2.27. The fraction of sp³-hybridized carbons (Fsp3) is 0.133. The van der Waals surface area contributed by atoms with Gasteiger partial charge in [0, 0.05) is 0 Å². The number of anilines is 1. The van der Waals surface area contributed by atoms with Gasteiger partial charge in [-0.15, -0.1) is 0 Å². The zero-order chi connectivity index (χ0) is 15.4. The average Bonchev–Trinajstić information content (AvgIpc) is 2.53. The maximum absolute atomic E-state index is 12.5. The Kier molecular flexibility index (Phi) is 4.72. The van der Waals surface area contributed by atoms with E-state index >= 15 is 0 Å². The normalized spacial score (nSPS) is 11.8. The SMILES string of the molecule is COc1ccccc1N(C)[S+]([O-])c1ccc(C(=O)O)cc1. The van der Waals surface area contributed by atoms with Crippen molar-refractivity contribution in [2.45, 2.75) is 4.90 Å². The zero-order valence-corrected chi connectivity index (χ0v) is 12.5. The molecule has 0 heterocycles. The van der Waals surface area contributed by atoms with Crippen LogP contribution < -0.4 is 9.04 Å². The van der Waals surface area contributed by atoms with Crippen molar-refractivity contribution >= 4 is 23.0 Å². The number of ether oxygens (including phenoxy) is 1.